The van der Waals surface area contributed by atoms with Gasteiger partial charge in [-0.25, -0.2) is 0 Å². The Kier molecular flexibility index (Phi) is 9.65. The van der Waals surface area contributed by atoms with Crippen molar-refractivity contribution in [1.29, 1.82) is 0 Å². The highest BCUT2D eigenvalue weighted by atomic mass is 32.2. The second-order valence-electron chi connectivity index (χ2n) is 12.0. The fraction of sp³-hybridized carbons (Fsp3) is 0.394. The number of anilines is 1. The molecule has 0 bridgehead atoms. The van der Waals surface area contributed by atoms with Crippen molar-refractivity contribution in [2.45, 2.75) is 80.9 Å². The first-order valence-electron chi connectivity index (χ1n) is 14.9. The molecule has 45 heavy (non-hydrogen) atoms. The summed E-state index contributed by atoms with van der Waals surface area (Å²) < 4.78 is 68.8. The van der Waals surface area contributed by atoms with Gasteiger partial charge in [0.15, 0.2) is 5.71 Å². The molecular weight excluding hydrogens is 617 g/mol. The van der Waals surface area contributed by atoms with Crippen LogP contribution in [0.5, 0.6) is 0 Å². The Morgan fingerprint density at radius 1 is 0.889 bits per heavy atom. The number of hydrogen-bond donors (Lipinski definition) is 3. The molecule has 0 saturated heterocycles. The van der Waals surface area contributed by atoms with E-state index in [-0.39, 0.29) is 16.2 Å². The fourth-order valence-electron chi connectivity index (χ4n) is 6.57. The Hall–Kier alpha value is -3.58. The number of nitrogens with zero attached hydrogens (tertiary/aromatic N) is 2. The Morgan fingerprint density at radius 2 is 1.53 bits per heavy atom. The van der Waals surface area contributed by atoms with Crippen molar-refractivity contribution in [3.8, 4) is 0 Å². The van der Waals surface area contributed by atoms with Gasteiger partial charge in [0.1, 0.15) is 6.54 Å². The van der Waals surface area contributed by atoms with E-state index >= 15 is 0 Å². The summed E-state index contributed by atoms with van der Waals surface area (Å²) in [4.78, 5) is 12.8. The molecule has 1 atom stereocenters. The number of benzene rings is 2. The van der Waals surface area contributed by atoms with Gasteiger partial charge in [0, 0.05) is 47.5 Å². The van der Waals surface area contributed by atoms with Crippen LogP contribution >= 0.6 is 0 Å². The zero-order chi connectivity index (χ0) is 33.4. The number of carboxylic acid groups (broad SMARTS) is 1. The molecule has 0 aromatic heterocycles. The first-order chi connectivity index (χ1) is 21.0. The first-order valence-corrected chi connectivity index (χ1v) is 17.8. The molecule has 0 fully saturated rings. The molecule has 1 unspecified atom stereocenters. The number of likely N-dealkylation sites (N-methyl/N-ethyl adjacent to an activating group) is 1. The minimum absolute atomic E-state index is 0.0663. The van der Waals surface area contributed by atoms with Gasteiger partial charge in [-0.1, -0.05) is 30.7 Å². The molecule has 2 aromatic rings. The van der Waals surface area contributed by atoms with E-state index in [4.69, 9.17) is 5.11 Å². The summed E-state index contributed by atoms with van der Waals surface area (Å²) in [5, 5.41) is 9.12. The third kappa shape index (κ3) is 6.69. The van der Waals surface area contributed by atoms with Gasteiger partial charge in [0.2, 0.25) is 5.69 Å². The molecule has 0 saturated carbocycles. The van der Waals surface area contributed by atoms with Crippen LogP contribution < -0.4 is 4.90 Å². The first kappa shape index (κ1) is 34.3. The number of allylic oxidation sites excluding steroid dienone is 6. The minimum Gasteiger partial charge on any atom is -0.481 e. The molecule has 2 aliphatic rings. The topological polar surface area (TPSA) is 152 Å². The summed E-state index contributed by atoms with van der Waals surface area (Å²) in [5.74, 6) is -0.850. The van der Waals surface area contributed by atoms with Gasteiger partial charge in [-0.2, -0.15) is 21.4 Å². The van der Waals surface area contributed by atoms with E-state index in [2.05, 4.69) is 11.5 Å². The van der Waals surface area contributed by atoms with E-state index in [0.29, 0.717) is 38.0 Å². The maximum atomic E-state index is 11.9. The zero-order valence-electron chi connectivity index (χ0n) is 26.2. The van der Waals surface area contributed by atoms with Crippen LogP contribution in [0.25, 0.3) is 0 Å². The van der Waals surface area contributed by atoms with Crippen LogP contribution in [-0.2, 0) is 35.9 Å². The van der Waals surface area contributed by atoms with Crippen molar-refractivity contribution >= 4 is 43.3 Å². The smallest absolute Gasteiger partial charge is 0.303 e. The zero-order valence-corrected chi connectivity index (χ0v) is 27.8. The number of aliphatic carboxylic acids is 1. The lowest BCUT2D eigenvalue weighted by molar-refractivity contribution is -0.433. The minimum atomic E-state index is -4.40. The second-order valence-corrected chi connectivity index (χ2v) is 14.9. The SMILES string of the molecule is CCN1/C(=C/C=C/C=C/C2=[N+](CC)c3ccc(S(=O)(=O)O)cc3C2(C)C)C(C)(CCCCC(=O)O)c2ccc(S(=O)(=O)O)cc21. The highest BCUT2D eigenvalue weighted by molar-refractivity contribution is 7.86. The monoisotopic (exact) mass is 657 g/mol. The Labute approximate surface area is 265 Å². The molecular formula is C33H41N2O8S2+. The molecule has 12 heteroatoms. The average Bonchev–Trinajstić information content (AvgIpc) is 3.32. The van der Waals surface area contributed by atoms with E-state index in [9.17, 15) is 30.7 Å². The number of unbranched alkanes of at least 4 members (excludes halogenated alkanes) is 1. The maximum absolute atomic E-state index is 11.9. The quantitative estimate of drug-likeness (QED) is 0.108. The van der Waals surface area contributed by atoms with E-state index in [1.165, 1.54) is 24.3 Å². The number of rotatable bonds is 12. The lowest BCUT2D eigenvalue weighted by Gasteiger charge is -2.30. The summed E-state index contributed by atoms with van der Waals surface area (Å²) >= 11 is 0. The number of fused-ring (bicyclic) bond motifs is 2. The number of carbonyl (C=O) groups is 1. The summed E-state index contributed by atoms with van der Waals surface area (Å²) in [5.41, 5.74) is 4.12. The Balaban J connectivity index is 1.68. The van der Waals surface area contributed by atoms with Gasteiger partial charge in [-0.3, -0.25) is 13.9 Å². The lowest BCUT2D eigenvalue weighted by atomic mass is 9.77. The summed E-state index contributed by atoms with van der Waals surface area (Å²) in [6, 6.07) is 9.25. The van der Waals surface area contributed by atoms with E-state index in [1.54, 1.807) is 12.1 Å². The van der Waals surface area contributed by atoms with Crippen LogP contribution in [0.3, 0.4) is 0 Å². The van der Waals surface area contributed by atoms with Gasteiger partial charge in [0.25, 0.3) is 20.2 Å². The average molecular weight is 658 g/mol. The molecule has 0 amide bonds. The highest BCUT2D eigenvalue weighted by Crippen LogP contribution is 2.51. The van der Waals surface area contributed by atoms with Crippen LogP contribution in [-0.4, -0.2) is 60.4 Å². The molecule has 2 aliphatic heterocycles. The van der Waals surface area contributed by atoms with Crippen LogP contribution in [0.15, 0.2) is 82.3 Å². The van der Waals surface area contributed by atoms with Crippen molar-refractivity contribution < 1.29 is 40.4 Å². The number of carboxylic acids is 1. The third-order valence-corrected chi connectivity index (χ3v) is 10.5. The van der Waals surface area contributed by atoms with E-state index < -0.39 is 37.0 Å². The van der Waals surface area contributed by atoms with E-state index in [1.807, 2.05) is 63.0 Å². The van der Waals surface area contributed by atoms with Gasteiger partial charge in [-0.15, -0.1) is 0 Å². The largest absolute Gasteiger partial charge is 0.481 e. The molecule has 4 rings (SSSR count). The number of hydrogen-bond acceptors (Lipinski definition) is 6. The van der Waals surface area contributed by atoms with Gasteiger partial charge in [0.05, 0.1) is 15.2 Å². The van der Waals surface area contributed by atoms with Crippen molar-refractivity contribution in [1.82, 2.24) is 0 Å². The summed E-state index contributed by atoms with van der Waals surface area (Å²) in [7, 11) is -8.74. The standard InChI is InChI=1S/C33H40N2O8S2/c1-6-34-27-19-17-23(44(38,39)40)21-26(27)32(3,4)29(34)13-9-8-10-14-30-33(5,20-12-11-15-31(36)37)25-18-16-24(45(41,42)43)22-28(25)35(30)7-2/h8-10,13-14,16-19,21-22H,6-7,11-12,15,20H2,1-5H3,(H2-,36,37,38,39,40,41,42,43)/p+1. The molecule has 242 valence electrons. The predicted molar refractivity (Wildman–Crippen MR) is 174 cm³/mol. The molecule has 0 radical (unpaired) electrons. The normalized spacial score (nSPS) is 20.5. The third-order valence-electron chi connectivity index (χ3n) is 8.85. The Bertz CT molecular complexity index is 1850. The van der Waals surface area contributed by atoms with Crippen LogP contribution in [0, 0.1) is 0 Å². The maximum Gasteiger partial charge on any atom is 0.303 e. The molecule has 2 aromatic carbocycles. The molecule has 3 N–H and O–H groups in total. The molecule has 0 spiro atoms. The van der Waals surface area contributed by atoms with Crippen molar-refractivity contribution in [3.05, 3.63) is 83.6 Å². The van der Waals surface area contributed by atoms with Crippen LogP contribution in [0.1, 0.15) is 71.4 Å². The van der Waals surface area contributed by atoms with Gasteiger partial charge >= 0.3 is 5.97 Å². The predicted octanol–water partition coefficient (Wildman–Crippen LogP) is 6.02. The molecule has 10 nitrogen and oxygen atoms in total. The van der Waals surface area contributed by atoms with Gasteiger partial charge < -0.3 is 10.0 Å². The van der Waals surface area contributed by atoms with Crippen LogP contribution in [0.2, 0.25) is 0 Å². The fourth-order valence-corrected chi connectivity index (χ4v) is 7.58. The van der Waals surface area contributed by atoms with Crippen LogP contribution in [0.4, 0.5) is 11.4 Å². The van der Waals surface area contributed by atoms with Crippen molar-refractivity contribution in [3.63, 3.8) is 0 Å². The highest BCUT2D eigenvalue weighted by Gasteiger charge is 2.45. The van der Waals surface area contributed by atoms with E-state index in [0.717, 1.165) is 28.2 Å². The Morgan fingerprint density at radius 3 is 2.13 bits per heavy atom. The second kappa shape index (κ2) is 12.7. The summed E-state index contributed by atoms with van der Waals surface area (Å²) in [6.45, 7) is 11.3. The van der Waals surface area contributed by atoms with Crippen molar-refractivity contribution in [2.75, 3.05) is 18.0 Å². The molecule has 2 heterocycles. The van der Waals surface area contributed by atoms with Crippen molar-refractivity contribution in [2.24, 2.45) is 0 Å². The van der Waals surface area contributed by atoms with Gasteiger partial charge in [-0.05, 0) is 83.4 Å². The molecule has 0 aliphatic carbocycles. The lowest BCUT2D eigenvalue weighted by Crippen LogP contribution is -2.28. The summed E-state index contributed by atoms with van der Waals surface area (Å²) in [6.07, 6.45) is 11.5.